The van der Waals surface area contributed by atoms with Crippen LogP contribution < -0.4 is 5.32 Å². The third-order valence-electron chi connectivity index (χ3n) is 3.80. The lowest BCUT2D eigenvalue weighted by atomic mass is 10.1. The number of rotatable bonds is 2. The van der Waals surface area contributed by atoms with E-state index < -0.39 is 5.60 Å². The monoisotopic (exact) mass is 351 g/mol. The molecule has 3 heterocycles. The van der Waals surface area contributed by atoms with Crippen molar-refractivity contribution in [1.82, 2.24) is 19.9 Å². The molecule has 2 N–H and O–H groups in total. The summed E-state index contributed by atoms with van der Waals surface area (Å²) in [6.45, 7) is 6.89. The molecule has 0 spiro atoms. The van der Waals surface area contributed by atoms with E-state index in [1.54, 1.807) is 11.1 Å². The lowest BCUT2D eigenvalue weighted by Crippen LogP contribution is -2.47. The van der Waals surface area contributed by atoms with E-state index in [0.717, 1.165) is 18.2 Å². The van der Waals surface area contributed by atoms with E-state index in [1.165, 1.54) is 0 Å². The number of H-pyrrole nitrogens is 1. The average Bonchev–Trinajstić information content (AvgIpc) is 2.94. The number of piperidine rings is 1. The summed E-state index contributed by atoms with van der Waals surface area (Å²) in [5.41, 5.74) is 0.201. The van der Waals surface area contributed by atoms with Gasteiger partial charge in [0.1, 0.15) is 17.1 Å². The number of amides is 1. The highest BCUT2D eigenvalue weighted by atomic mass is 35.5. The van der Waals surface area contributed by atoms with Crippen molar-refractivity contribution in [2.24, 2.45) is 0 Å². The van der Waals surface area contributed by atoms with Gasteiger partial charge in [0.15, 0.2) is 0 Å². The summed E-state index contributed by atoms with van der Waals surface area (Å²) in [4.78, 5) is 25.5. The van der Waals surface area contributed by atoms with Gasteiger partial charge in [0.25, 0.3) is 0 Å². The summed E-state index contributed by atoms with van der Waals surface area (Å²) in [6, 6.07) is 2.00. The fraction of sp³-hybridized carbons (Fsp3) is 0.562. The maximum atomic E-state index is 12.3. The fourth-order valence-electron chi connectivity index (χ4n) is 2.80. The Labute approximate surface area is 145 Å². The molecule has 3 rings (SSSR count). The molecule has 24 heavy (non-hydrogen) atoms. The molecule has 0 aromatic carbocycles. The number of anilines is 1. The summed E-state index contributed by atoms with van der Waals surface area (Å²) >= 11 is 5.98. The maximum absolute atomic E-state index is 12.3. The predicted octanol–water partition coefficient (Wildman–Crippen LogP) is 3.42. The third kappa shape index (κ3) is 3.90. The van der Waals surface area contributed by atoms with Crippen LogP contribution in [0, 0.1) is 0 Å². The first kappa shape index (κ1) is 16.8. The van der Waals surface area contributed by atoms with E-state index in [-0.39, 0.29) is 17.4 Å². The number of nitrogens with one attached hydrogen (secondary N) is 2. The zero-order chi connectivity index (χ0) is 17.3. The van der Waals surface area contributed by atoms with E-state index in [2.05, 4.69) is 20.3 Å². The zero-order valence-corrected chi connectivity index (χ0v) is 14.9. The minimum Gasteiger partial charge on any atom is -0.444 e. The second-order valence-electron chi connectivity index (χ2n) is 6.99. The topological polar surface area (TPSA) is 83.1 Å². The molecule has 8 heteroatoms. The van der Waals surface area contributed by atoms with E-state index in [4.69, 9.17) is 16.3 Å². The minimum atomic E-state index is -0.491. The van der Waals surface area contributed by atoms with Crippen LogP contribution in [0.1, 0.15) is 33.6 Å². The lowest BCUT2D eigenvalue weighted by molar-refractivity contribution is 0.0206. The first-order valence-electron chi connectivity index (χ1n) is 8.07. The number of likely N-dealkylation sites (tertiary alicyclic amines) is 1. The fourth-order valence-corrected chi connectivity index (χ4v) is 2.97. The largest absolute Gasteiger partial charge is 0.444 e. The number of nitrogens with zero attached hydrogens (tertiary/aromatic N) is 3. The lowest BCUT2D eigenvalue weighted by Gasteiger charge is -2.34. The Kier molecular flexibility index (Phi) is 4.54. The Morgan fingerprint density at radius 3 is 3.00 bits per heavy atom. The van der Waals surface area contributed by atoms with Crippen molar-refractivity contribution in [3.05, 3.63) is 17.5 Å². The zero-order valence-electron chi connectivity index (χ0n) is 14.1. The molecule has 0 saturated carbocycles. The van der Waals surface area contributed by atoms with Gasteiger partial charge < -0.3 is 19.9 Å². The highest BCUT2D eigenvalue weighted by Crippen LogP contribution is 2.24. The Hall–Kier alpha value is -2.02. The second-order valence-corrected chi connectivity index (χ2v) is 7.33. The number of aromatic amines is 1. The molecular formula is C16H22ClN5O2. The normalized spacial score (nSPS) is 18.7. The Morgan fingerprint density at radius 1 is 1.46 bits per heavy atom. The summed E-state index contributed by atoms with van der Waals surface area (Å²) in [6.07, 6.45) is 3.38. The van der Waals surface area contributed by atoms with E-state index >= 15 is 0 Å². The van der Waals surface area contributed by atoms with Crippen LogP contribution in [0.4, 0.5) is 10.6 Å². The van der Waals surface area contributed by atoms with Gasteiger partial charge in [0.2, 0.25) is 5.28 Å². The predicted molar refractivity (Wildman–Crippen MR) is 93.4 cm³/mol. The van der Waals surface area contributed by atoms with Crippen molar-refractivity contribution < 1.29 is 9.53 Å². The van der Waals surface area contributed by atoms with Gasteiger partial charge in [-0.2, -0.15) is 4.98 Å². The maximum Gasteiger partial charge on any atom is 0.410 e. The van der Waals surface area contributed by atoms with Crippen molar-refractivity contribution in [3.63, 3.8) is 0 Å². The van der Waals surface area contributed by atoms with Crippen LogP contribution in [0.3, 0.4) is 0 Å². The van der Waals surface area contributed by atoms with Crippen molar-refractivity contribution in [2.75, 3.05) is 18.4 Å². The quantitative estimate of drug-likeness (QED) is 0.810. The van der Waals surface area contributed by atoms with Gasteiger partial charge >= 0.3 is 6.09 Å². The van der Waals surface area contributed by atoms with Gasteiger partial charge in [0.05, 0.1) is 5.39 Å². The summed E-state index contributed by atoms with van der Waals surface area (Å²) in [5.74, 6) is 0.683. The van der Waals surface area contributed by atoms with Crippen LogP contribution in [0.2, 0.25) is 5.28 Å². The van der Waals surface area contributed by atoms with E-state index in [0.29, 0.717) is 24.6 Å². The molecule has 0 bridgehead atoms. The molecule has 0 radical (unpaired) electrons. The number of aromatic nitrogens is 3. The molecule has 7 nitrogen and oxygen atoms in total. The number of hydrogen-bond acceptors (Lipinski definition) is 5. The molecular weight excluding hydrogens is 330 g/mol. The number of hydrogen-bond donors (Lipinski definition) is 2. The number of carbonyl (C=O) groups is 1. The van der Waals surface area contributed by atoms with Crippen molar-refractivity contribution >= 4 is 34.5 Å². The SMILES string of the molecule is CC(C)(C)OC(=O)N1CCCC(Nc2nc(Cl)nc3[nH]ccc23)C1. The van der Waals surface area contributed by atoms with Gasteiger partial charge in [-0.3, -0.25) is 0 Å². The molecule has 130 valence electrons. The number of ether oxygens (including phenoxy) is 1. The van der Waals surface area contributed by atoms with Gasteiger partial charge in [-0.05, 0) is 51.3 Å². The van der Waals surface area contributed by atoms with E-state index in [9.17, 15) is 4.79 Å². The average molecular weight is 352 g/mol. The van der Waals surface area contributed by atoms with Crippen molar-refractivity contribution in [2.45, 2.75) is 45.3 Å². The van der Waals surface area contributed by atoms with Crippen LogP contribution in [-0.4, -0.2) is 50.7 Å². The van der Waals surface area contributed by atoms with Gasteiger partial charge in [-0.25, -0.2) is 9.78 Å². The molecule has 0 aliphatic carbocycles. The summed E-state index contributed by atoms with van der Waals surface area (Å²) in [7, 11) is 0. The van der Waals surface area contributed by atoms with Crippen molar-refractivity contribution in [3.8, 4) is 0 Å². The number of carbonyl (C=O) groups excluding carboxylic acids is 1. The number of fused-ring (bicyclic) bond motifs is 1. The standard InChI is InChI=1S/C16H22ClN5O2/c1-16(2,3)24-15(23)22-8-4-5-10(9-22)19-13-11-6-7-18-12(11)20-14(17)21-13/h6-7,10H,4-5,8-9H2,1-3H3,(H2,18,19,20,21). The van der Waals surface area contributed by atoms with Gasteiger partial charge in [-0.1, -0.05) is 0 Å². The molecule has 2 aromatic rings. The highest BCUT2D eigenvalue weighted by Gasteiger charge is 2.28. The smallest absolute Gasteiger partial charge is 0.410 e. The van der Waals surface area contributed by atoms with E-state index in [1.807, 2.05) is 26.8 Å². The molecule has 1 unspecified atom stereocenters. The van der Waals surface area contributed by atoms with Crippen LogP contribution in [0.5, 0.6) is 0 Å². The third-order valence-corrected chi connectivity index (χ3v) is 3.97. The molecule has 2 aromatic heterocycles. The highest BCUT2D eigenvalue weighted by molar-refractivity contribution is 6.28. The molecule has 1 aliphatic heterocycles. The molecule has 1 saturated heterocycles. The minimum absolute atomic E-state index is 0.0929. The summed E-state index contributed by atoms with van der Waals surface area (Å²) in [5, 5.41) is 4.46. The molecule has 1 atom stereocenters. The van der Waals surface area contributed by atoms with Gasteiger partial charge in [0, 0.05) is 25.3 Å². The van der Waals surface area contributed by atoms with Crippen LogP contribution in [0.25, 0.3) is 11.0 Å². The van der Waals surface area contributed by atoms with Crippen LogP contribution >= 0.6 is 11.6 Å². The van der Waals surface area contributed by atoms with Crippen LogP contribution in [-0.2, 0) is 4.74 Å². The Balaban J connectivity index is 1.71. The first-order valence-corrected chi connectivity index (χ1v) is 8.45. The van der Waals surface area contributed by atoms with Gasteiger partial charge in [-0.15, -0.1) is 0 Å². The molecule has 1 fully saturated rings. The molecule has 1 aliphatic rings. The second kappa shape index (κ2) is 6.47. The summed E-state index contributed by atoms with van der Waals surface area (Å²) < 4.78 is 5.46. The Bertz CT molecular complexity index is 740. The number of halogens is 1. The molecule has 1 amide bonds. The first-order chi connectivity index (χ1) is 11.3. The van der Waals surface area contributed by atoms with Crippen LogP contribution in [0.15, 0.2) is 12.3 Å². The Morgan fingerprint density at radius 2 is 2.25 bits per heavy atom. The van der Waals surface area contributed by atoms with Crippen molar-refractivity contribution in [1.29, 1.82) is 0 Å².